The molecule has 142 valence electrons. The van der Waals surface area contributed by atoms with Crippen molar-refractivity contribution in [2.24, 2.45) is 0 Å². The molecule has 0 spiro atoms. The molecule has 0 aromatic heterocycles. The van der Waals surface area contributed by atoms with Gasteiger partial charge in [-0.1, -0.05) is 36.4 Å². The third-order valence-electron chi connectivity index (χ3n) is 4.23. The lowest BCUT2D eigenvalue weighted by molar-refractivity contribution is -0.152. The van der Waals surface area contributed by atoms with Crippen molar-refractivity contribution < 1.29 is 18.4 Å². The maximum absolute atomic E-state index is 13.5. The molecule has 6 nitrogen and oxygen atoms in total. The zero-order valence-corrected chi connectivity index (χ0v) is 14.8. The van der Waals surface area contributed by atoms with Gasteiger partial charge in [0, 0.05) is 32.6 Å². The number of hydrogen-bond donors (Lipinski definition) is 2. The molecule has 1 aliphatic heterocycles. The SMILES string of the molecule is C=CCC(F)(F)C(=O)NN1CCN(NC(=O)C(C)c2ccccc2)CC1. The van der Waals surface area contributed by atoms with Crippen LogP contribution in [0.4, 0.5) is 8.78 Å². The molecule has 26 heavy (non-hydrogen) atoms. The van der Waals surface area contributed by atoms with E-state index in [4.69, 9.17) is 0 Å². The second-order valence-corrected chi connectivity index (χ2v) is 6.22. The fraction of sp³-hybridized carbons (Fsp3) is 0.444. The summed E-state index contributed by atoms with van der Waals surface area (Å²) >= 11 is 0. The highest BCUT2D eigenvalue weighted by molar-refractivity contribution is 5.83. The van der Waals surface area contributed by atoms with Gasteiger partial charge in [-0.25, -0.2) is 10.0 Å². The normalized spacial score (nSPS) is 17.3. The van der Waals surface area contributed by atoms with Crippen molar-refractivity contribution in [3.63, 3.8) is 0 Å². The Morgan fingerprint density at radius 1 is 1.15 bits per heavy atom. The summed E-state index contributed by atoms with van der Waals surface area (Å²) in [5, 5.41) is 3.16. The van der Waals surface area contributed by atoms with Gasteiger partial charge in [0.25, 0.3) is 0 Å². The molecule has 0 bridgehead atoms. The molecule has 0 saturated carbocycles. The second-order valence-electron chi connectivity index (χ2n) is 6.22. The van der Waals surface area contributed by atoms with Crippen molar-refractivity contribution in [1.29, 1.82) is 0 Å². The Morgan fingerprint density at radius 2 is 1.69 bits per heavy atom. The van der Waals surface area contributed by atoms with Gasteiger partial charge in [-0.05, 0) is 12.5 Å². The van der Waals surface area contributed by atoms with Gasteiger partial charge in [0.2, 0.25) is 5.91 Å². The summed E-state index contributed by atoms with van der Waals surface area (Å²) in [6, 6.07) is 9.42. The minimum atomic E-state index is -3.47. The number of amides is 2. The number of nitrogens with one attached hydrogen (secondary N) is 2. The maximum atomic E-state index is 13.5. The first kappa shape index (κ1) is 20.0. The molecule has 1 atom stereocenters. The Hall–Kier alpha value is -2.32. The summed E-state index contributed by atoms with van der Waals surface area (Å²) in [6.45, 7) is 6.54. The van der Waals surface area contributed by atoms with Gasteiger partial charge in [-0.2, -0.15) is 8.78 Å². The molecule has 1 aromatic carbocycles. The van der Waals surface area contributed by atoms with Crippen LogP contribution in [-0.2, 0) is 9.59 Å². The summed E-state index contributed by atoms with van der Waals surface area (Å²) in [5.41, 5.74) is 5.98. The fourth-order valence-electron chi connectivity index (χ4n) is 2.58. The molecular formula is C18H24F2N4O2. The minimum Gasteiger partial charge on any atom is -0.288 e. The number of rotatable bonds is 7. The summed E-state index contributed by atoms with van der Waals surface area (Å²) in [7, 11) is 0. The Balaban J connectivity index is 1.79. The van der Waals surface area contributed by atoms with Gasteiger partial charge in [0.15, 0.2) is 0 Å². The van der Waals surface area contributed by atoms with Crippen LogP contribution in [-0.4, -0.2) is 53.9 Å². The van der Waals surface area contributed by atoms with E-state index in [0.29, 0.717) is 26.2 Å². The van der Waals surface area contributed by atoms with Gasteiger partial charge in [-0.15, -0.1) is 6.58 Å². The highest BCUT2D eigenvalue weighted by Gasteiger charge is 2.38. The Bertz CT molecular complexity index is 631. The zero-order valence-electron chi connectivity index (χ0n) is 14.8. The molecule has 1 saturated heterocycles. The number of benzene rings is 1. The molecule has 1 aliphatic rings. The predicted molar refractivity (Wildman–Crippen MR) is 94.0 cm³/mol. The lowest BCUT2D eigenvalue weighted by Crippen LogP contribution is -2.59. The van der Waals surface area contributed by atoms with Gasteiger partial charge >= 0.3 is 11.8 Å². The molecular weight excluding hydrogens is 342 g/mol. The quantitative estimate of drug-likeness (QED) is 0.721. The summed E-state index contributed by atoms with van der Waals surface area (Å²) in [5.74, 6) is -5.25. The van der Waals surface area contributed by atoms with Crippen molar-refractivity contribution in [2.75, 3.05) is 26.2 Å². The molecule has 2 amide bonds. The lowest BCUT2D eigenvalue weighted by atomic mass is 10.0. The highest BCUT2D eigenvalue weighted by Crippen LogP contribution is 2.19. The van der Waals surface area contributed by atoms with Crippen LogP contribution in [0.1, 0.15) is 24.8 Å². The number of carbonyl (C=O) groups excluding carboxylic acids is 2. The first-order valence-electron chi connectivity index (χ1n) is 8.48. The minimum absolute atomic E-state index is 0.133. The third-order valence-corrected chi connectivity index (χ3v) is 4.23. The summed E-state index contributed by atoms with van der Waals surface area (Å²) in [4.78, 5) is 23.9. The number of allylic oxidation sites excluding steroid dienone is 1. The summed E-state index contributed by atoms with van der Waals surface area (Å²) in [6.07, 6.45) is 0.313. The zero-order chi connectivity index (χ0) is 19.2. The molecule has 0 aliphatic carbocycles. The molecule has 2 rings (SSSR count). The number of halogens is 2. The van der Waals surface area contributed by atoms with E-state index >= 15 is 0 Å². The number of alkyl halides is 2. The topological polar surface area (TPSA) is 64.7 Å². The predicted octanol–water partition coefficient (Wildman–Crippen LogP) is 1.68. The van der Waals surface area contributed by atoms with Gasteiger partial charge in [0.1, 0.15) is 0 Å². The van der Waals surface area contributed by atoms with Crippen LogP contribution in [0.5, 0.6) is 0 Å². The molecule has 2 N–H and O–H groups in total. The smallest absolute Gasteiger partial charge is 0.288 e. The van der Waals surface area contributed by atoms with E-state index in [0.717, 1.165) is 11.6 Å². The van der Waals surface area contributed by atoms with E-state index in [-0.39, 0.29) is 11.8 Å². The Labute approximate surface area is 151 Å². The Morgan fingerprint density at radius 3 is 2.23 bits per heavy atom. The Kier molecular flexibility index (Phi) is 6.82. The van der Waals surface area contributed by atoms with Crippen LogP contribution in [0.25, 0.3) is 0 Å². The van der Waals surface area contributed by atoms with Crippen LogP contribution in [0.3, 0.4) is 0 Å². The first-order chi connectivity index (χ1) is 12.3. The molecule has 0 radical (unpaired) electrons. The van der Waals surface area contributed by atoms with E-state index in [1.807, 2.05) is 37.3 Å². The van der Waals surface area contributed by atoms with Crippen molar-refractivity contribution >= 4 is 11.8 Å². The van der Waals surface area contributed by atoms with E-state index in [2.05, 4.69) is 17.4 Å². The van der Waals surface area contributed by atoms with Crippen LogP contribution >= 0.6 is 0 Å². The number of hydrogen-bond acceptors (Lipinski definition) is 4. The number of nitrogens with zero attached hydrogens (tertiary/aromatic N) is 2. The van der Waals surface area contributed by atoms with Gasteiger partial charge in [0.05, 0.1) is 5.92 Å². The molecule has 1 fully saturated rings. The number of carbonyl (C=O) groups is 2. The van der Waals surface area contributed by atoms with E-state index < -0.39 is 18.3 Å². The van der Waals surface area contributed by atoms with Crippen molar-refractivity contribution in [2.45, 2.75) is 25.2 Å². The van der Waals surface area contributed by atoms with Gasteiger partial charge < -0.3 is 0 Å². The average Bonchev–Trinajstić information content (AvgIpc) is 2.63. The maximum Gasteiger partial charge on any atom is 0.329 e. The van der Waals surface area contributed by atoms with Crippen LogP contribution in [0.15, 0.2) is 43.0 Å². The molecule has 8 heteroatoms. The van der Waals surface area contributed by atoms with E-state index in [1.54, 1.807) is 5.01 Å². The number of piperazine rings is 1. The monoisotopic (exact) mass is 366 g/mol. The van der Waals surface area contributed by atoms with Crippen LogP contribution in [0.2, 0.25) is 0 Å². The average molecular weight is 366 g/mol. The van der Waals surface area contributed by atoms with E-state index in [9.17, 15) is 18.4 Å². The standard InChI is InChI=1S/C18H24F2N4O2/c1-3-9-18(19,20)17(26)22-24-12-10-23(11-13-24)21-16(25)14(2)15-7-5-4-6-8-15/h3-8,14H,1,9-13H2,2H3,(H,21,25)(H,22,26). The molecule has 1 unspecified atom stereocenters. The van der Waals surface area contributed by atoms with Gasteiger partial charge in [-0.3, -0.25) is 20.4 Å². The van der Waals surface area contributed by atoms with Crippen molar-refractivity contribution in [1.82, 2.24) is 20.9 Å². The second kappa shape index (κ2) is 8.86. The third kappa shape index (κ3) is 5.34. The fourth-order valence-corrected chi connectivity index (χ4v) is 2.58. The summed E-state index contributed by atoms with van der Waals surface area (Å²) < 4.78 is 27.0. The number of hydrazine groups is 2. The first-order valence-corrected chi connectivity index (χ1v) is 8.48. The highest BCUT2D eigenvalue weighted by atomic mass is 19.3. The van der Waals surface area contributed by atoms with Crippen molar-refractivity contribution in [3.05, 3.63) is 48.6 Å². The van der Waals surface area contributed by atoms with Crippen LogP contribution in [0, 0.1) is 0 Å². The molecule has 1 aromatic rings. The van der Waals surface area contributed by atoms with Crippen LogP contribution < -0.4 is 10.9 Å². The van der Waals surface area contributed by atoms with Crippen molar-refractivity contribution in [3.8, 4) is 0 Å². The van der Waals surface area contributed by atoms with E-state index in [1.165, 1.54) is 5.01 Å². The lowest BCUT2D eigenvalue weighted by Gasteiger charge is -2.35. The molecule has 1 heterocycles. The largest absolute Gasteiger partial charge is 0.329 e.